The van der Waals surface area contributed by atoms with Gasteiger partial charge in [-0.3, -0.25) is 0 Å². The molecule has 0 radical (unpaired) electrons. The Morgan fingerprint density at radius 1 is 1.15 bits per heavy atom. The van der Waals surface area contributed by atoms with Gasteiger partial charge in [-0.2, -0.15) is 0 Å². The second kappa shape index (κ2) is 5.52. The van der Waals surface area contributed by atoms with Crippen LogP contribution >= 0.6 is 7.82 Å². The number of hydrogen-bond donors (Lipinski definition) is 3. The highest BCUT2D eigenvalue weighted by Gasteiger charge is 2.00. The van der Waals surface area contributed by atoms with Crippen molar-refractivity contribution in [3.8, 4) is 12.3 Å². The fraction of sp³-hybridized carbons (Fsp3) is 0. The quantitative estimate of drug-likeness (QED) is 0.426. The van der Waals surface area contributed by atoms with Crippen molar-refractivity contribution in [1.82, 2.24) is 0 Å². The number of phosphoric acid groups is 1. The molecule has 3 N–H and O–H groups in total. The molecular weight excluding hydrogens is 191 g/mol. The molecular formula is C8H9O4P. The van der Waals surface area contributed by atoms with Crippen LogP contribution in [0, 0.1) is 12.3 Å². The molecule has 1 aromatic rings. The average Bonchev–Trinajstić information content (AvgIpc) is 2.03. The van der Waals surface area contributed by atoms with E-state index in [2.05, 4.69) is 5.92 Å². The second-order valence-corrected chi connectivity index (χ2v) is 3.05. The molecule has 0 aliphatic heterocycles. The van der Waals surface area contributed by atoms with Crippen molar-refractivity contribution < 1.29 is 19.2 Å². The fourth-order valence-corrected chi connectivity index (χ4v) is 0.534. The van der Waals surface area contributed by atoms with E-state index in [-0.39, 0.29) is 0 Å². The van der Waals surface area contributed by atoms with Crippen molar-refractivity contribution in [3.05, 3.63) is 35.9 Å². The fourth-order valence-electron chi connectivity index (χ4n) is 0.534. The lowest BCUT2D eigenvalue weighted by Gasteiger charge is -1.82. The number of benzene rings is 1. The number of hydrogen-bond acceptors (Lipinski definition) is 1. The third-order valence-corrected chi connectivity index (χ3v) is 0.940. The molecule has 13 heavy (non-hydrogen) atoms. The summed E-state index contributed by atoms with van der Waals surface area (Å²) in [5, 5.41) is 0. The molecule has 0 saturated heterocycles. The zero-order valence-electron chi connectivity index (χ0n) is 6.66. The largest absolute Gasteiger partial charge is 0.466 e. The molecule has 5 heteroatoms. The first kappa shape index (κ1) is 11.9. The third-order valence-electron chi connectivity index (χ3n) is 0.940. The Kier molecular flexibility index (Phi) is 5.05. The first-order valence-electron chi connectivity index (χ1n) is 3.23. The van der Waals surface area contributed by atoms with E-state index in [1.807, 2.05) is 30.3 Å². The van der Waals surface area contributed by atoms with Crippen LogP contribution in [-0.2, 0) is 4.57 Å². The van der Waals surface area contributed by atoms with E-state index >= 15 is 0 Å². The van der Waals surface area contributed by atoms with Gasteiger partial charge >= 0.3 is 7.82 Å². The summed E-state index contributed by atoms with van der Waals surface area (Å²) in [4.78, 5) is 21.6. The lowest BCUT2D eigenvalue weighted by molar-refractivity contribution is 0.275. The normalized spacial score (nSPS) is 9.38. The van der Waals surface area contributed by atoms with E-state index < -0.39 is 7.82 Å². The van der Waals surface area contributed by atoms with Crippen LogP contribution in [0.15, 0.2) is 30.3 Å². The summed E-state index contributed by atoms with van der Waals surface area (Å²) in [7, 11) is -4.64. The van der Waals surface area contributed by atoms with Gasteiger partial charge in [0.05, 0.1) is 0 Å². The van der Waals surface area contributed by atoms with Gasteiger partial charge in [0.15, 0.2) is 0 Å². The van der Waals surface area contributed by atoms with Crippen LogP contribution in [0.25, 0.3) is 0 Å². The molecule has 0 amide bonds. The van der Waals surface area contributed by atoms with Gasteiger partial charge in [-0.25, -0.2) is 4.57 Å². The molecule has 1 rings (SSSR count). The summed E-state index contributed by atoms with van der Waals surface area (Å²) >= 11 is 0. The average molecular weight is 200 g/mol. The molecule has 0 saturated carbocycles. The predicted molar refractivity (Wildman–Crippen MR) is 48.6 cm³/mol. The summed E-state index contributed by atoms with van der Waals surface area (Å²) in [6.07, 6.45) is 5.10. The van der Waals surface area contributed by atoms with Crippen molar-refractivity contribution >= 4 is 7.82 Å². The molecule has 70 valence electrons. The van der Waals surface area contributed by atoms with Gasteiger partial charge in [0.25, 0.3) is 0 Å². The number of terminal acetylenes is 1. The van der Waals surface area contributed by atoms with Gasteiger partial charge in [-0.1, -0.05) is 24.1 Å². The number of rotatable bonds is 0. The van der Waals surface area contributed by atoms with Crippen LogP contribution in [-0.4, -0.2) is 14.7 Å². The summed E-state index contributed by atoms with van der Waals surface area (Å²) in [6.45, 7) is 0. The van der Waals surface area contributed by atoms with Gasteiger partial charge in [0, 0.05) is 5.56 Å². The van der Waals surface area contributed by atoms with Crippen LogP contribution in [0.1, 0.15) is 5.56 Å². The summed E-state index contributed by atoms with van der Waals surface area (Å²) in [5.74, 6) is 2.53. The molecule has 0 bridgehead atoms. The summed E-state index contributed by atoms with van der Waals surface area (Å²) < 4.78 is 8.88. The van der Waals surface area contributed by atoms with Gasteiger partial charge in [-0.15, -0.1) is 6.42 Å². The first-order chi connectivity index (χ1) is 5.93. The lowest BCUT2D eigenvalue weighted by Crippen LogP contribution is -1.66. The molecule has 0 unspecified atom stereocenters. The van der Waals surface area contributed by atoms with E-state index in [0.29, 0.717) is 0 Å². The highest BCUT2D eigenvalue weighted by Crippen LogP contribution is 2.25. The van der Waals surface area contributed by atoms with Crippen LogP contribution < -0.4 is 0 Å². The first-order valence-corrected chi connectivity index (χ1v) is 4.80. The highest BCUT2D eigenvalue weighted by atomic mass is 31.2. The molecule has 0 aliphatic rings. The van der Waals surface area contributed by atoms with Crippen LogP contribution in [0.5, 0.6) is 0 Å². The Morgan fingerprint density at radius 3 is 1.77 bits per heavy atom. The zero-order valence-corrected chi connectivity index (χ0v) is 7.56. The Bertz CT molecular complexity index is 313. The molecule has 4 nitrogen and oxygen atoms in total. The van der Waals surface area contributed by atoms with Gasteiger partial charge in [0.2, 0.25) is 0 Å². The van der Waals surface area contributed by atoms with E-state index in [1.165, 1.54) is 0 Å². The maximum Gasteiger partial charge on any atom is 0.466 e. The molecule has 1 aromatic carbocycles. The molecule has 0 fully saturated rings. The molecule has 0 spiro atoms. The molecule has 0 heterocycles. The minimum Gasteiger partial charge on any atom is -0.303 e. The maximum atomic E-state index is 8.88. The van der Waals surface area contributed by atoms with Crippen molar-refractivity contribution in [3.63, 3.8) is 0 Å². The minimum absolute atomic E-state index is 0.938. The van der Waals surface area contributed by atoms with E-state index in [9.17, 15) is 0 Å². The third kappa shape index (κ3) is 10.9. The zero-order chi connectivity index (χ0) is 10.3. The smallest absolute Gasteiger partial charge is 0.303 e. The standard InChI is InChI=1S/C8H6.H3O4P/c1-2-8-6-4-3-5-7-8;1-5(2,3)4/h1,3-7H;(H3,1,2,3,4). The maximum absolute atomic E-state index is 8.88. The van der Waals surface area contributed by atoms with Crippen LogP contribution in [0.4, 0.5) is 0 Å². The summed E-state index contributed by atoms with van der Waals surface area (Å²) in [6, 6.07) is 9.60. The Hall–Kier alpha value is -1.11. The molecule has 0 aromatic heterocycles. The van der Waals surface area contributed by atoms with Gasteiger partial charge < -0.3 is 14.7 Å². The SMILES string of the molecule is C#Cc1ccccc1.O=P(O)(O)O. The second-order valence-electron chi connectivity index (χ2n) is 2.02. The Balaban J connectivity index is 0.000000252. The Labute approximate surface area is 76.1 Å². The van der Waals surface area contributed by atoms with E-state index in [4.69, 9.17) is 25.7 Å². The monoisotopic (exact) mass is 200 g/mol. The molecule has 0 atom stereocenters. The minimum atomic E-state index is -4.64. The van der Waals surface area contributed by atoms with E-state index in [1.54, 1.807) is 0 Å². The van der Waals surface area contributed by atoms with Crippen molar-refractivity contribution in [2.45, 2.75) is 0 Å². The van der Waals surface area contributed by atoms with Crippen LogP contribution in [0.3, 0.4) is 0 Å². The molecule has 0 aliphatic carbocycles. The van der Waals surface area contributed by atoms with Gasteiger partial charge in [0.1, 0.15) is 0 Å². The lowest BCUT2D eigenvalue weighted by atomic mass is 10.2. The predicted octanol–water partition coefficient (Wildman–Crippen LogP) is 0.739. The summed E-state index contributed by atoms with van der Waals surface area (Å²) in [5.41, 5.74) is 0.938. The van der Waals surface area contributed by atoms with Crippen LogP contribution in [0.2, 0.25) is 0 Å². The van der Waals surface area contributed by atoms with Crippen molar-refractivity contribution in [2.24, 2.45) is 0 Å². The van der Waals surface area contributed by atoms with Crippen molar-refractivity contribution in [2.75, 3.05) is 0 Å². The van der Waals surface area contributed by atoms with Gasteiger partial charge in [-0.05, 0) is 12.1 Å². The van der Waals surface area contributed by atoms with Crippen molar-refractivity contribution in [1.29, 1.82) is 0 Å². The highest BCUT2D eigenvalue weighted by molar-refractivity contribution is 7.45. The van der Waals surface area contributed by atoms with E-state index in [0.717, 1.165) is 5.56 Å². The topological polar surface area (TPSA) is 77.8 Å². The Morgan fingerprint density at radius 2 is 1.54 bits per heavy atom.